The van der Waals surface area contributed by atoms with Crippen LogP contribution in [0.15, 0.2) is 52.0 Å². The largest absolute Gasteiger partial charge is 0.374 e. The van der Waals surface area contributed by atoms with Gasteiger partial charge in [0.2, 0.25) is 17.0 Å². The van der Waals surface area contributed by atoms with Gasteiger partial charge in [0.1, 0.15) is 0 Å². The number of anilines is 3. The number of carbonyl (C=O) groups is 1. The highest BCUT2D eigenvalue weighted by Gasteiger charge is 2.15. The highest BCUT2D eigenvalue weighted by Crippen LogP contribution is 2.24. The molecule has 28 heavy (non-hydrogen) atoms. The van der Waals surface area contributed by atoms with Crippen molar-refractivity contribution in [1.82, 2.24) is 20.2 Å². The van der Waals surface area contributed by atoms with Gasteiger partial charge in [0.25, 0.3) is 10.0 Å². The van der Waals surface area contributed by atoms with Gasteiger partial charge in [-0.15, -0.1) is 10.2 Å². The number of hydrogen-bond acceptors (Lipinski definition) is 10. The second kappa shape index (κ2) is 8.95. The molecule has 10 nitrogen and oxygen atoms in total. The molecule has 4 N–H and O–H groups in total. The summed E-state index contributed by atoms with van der Waals surface area (Å²) in [5.41, 5.74) is 5.99. The van der Waals surface area contributed by atoms with Gasteiger partial charge in [-0.25, -0.2) is 23.1 Å². The van der Waals surface area contributed by atoms with E-state index in [1.807, 2.05) is 0 Å². The standard InChI is InChI=1S/C15H15N7O3S3/c16-13-20-21-15(27-13)26-9-6-12(23)19-10-2-4-11(5-3-10)28(24,25)22-14-17-7-1-8-18-14/h1-5,7-8H,6,9H2,(H2,16,20)(H,19,23)(H,17,18,22). The molecule has 1 amide bonds. The van der Waals surface area contributed by atoms with Crippen molar-refractivity contribution in [3.05, 3.63) is 42.7 Å². The summed E-state index contributed by atoms with van der Waals surface area (Å²) >= 11 is 2.65. The maximum Gasteiger partial charge on any atom is 0.264 e. The fourth-order valence-corrected chi connectivity index (χ4v) is 4.58. The van der Waals surface area contributed by atoms with Crippen molar-refractivity contribution in [3.63, 3.8) is 0 Å². The molecule has 13 heteroatoms. The summed E-state index contributed by atoms with van der Waals surface area (Å²) in [5.74, 6) is 0.305. The number of sulfonamides is 1. The van der Waals surface area contributed by atoms with E-state index in [4.69, 9.17) is 5.73 Å². The maximum atomic E-state index is 12.3. The third-order valence-electron chi connectivity index (χ3n) is 3.22. The van der Waals surface area contributed by atoms with E-state index in [-0.39, 0.29) is 23.2 Å². The first kappa shape index (κ1) is 20.0. The number of hydrogen-bond donors (Lipinski definition) is 3. The lowest BCUT2D eigenvalue weighted by atomic mass is 10.3. The van der Waals surface area contributed by atoms with Crippen LogP contribution < -0.4 is 15.8 Å². The van der Waals surface area contributed by atoms with Gasteiger partial charge in [-0.1, -0.05) is 23.1 Å². The molecule has 0 atom stereocenters. The Balaban J connectivity index is 1.52. The topological polar surface area (TPSA) is 153 Å². The molecule has 0 radical (unpaired) electrons. The van der Waals surface area contributed by atoms with Gasteiger partial charge in [0, 0.05) is 30.3 Å². The average Bonchev–Trinajstić information content (AvgIpc) is 3.08. The zero-order valence-corrected chi connectivity index (χ0v) is 16.7. The smallest absolute Gasteiger partial charge is 0.264 e. The van der Waals surface area contributed by atoms with E-state index in [0.717, 1.165) is 0 Å². The average molecular weight is 438 g/mol. The molecule has 0 fully saturated rings. The Morgan fingerprint density at radius 3 is 2.50 bits per heavy atom. The van der Waals surface area contributed by atoms with Crippen LogP contribution in [0, 0.1) is 0 Å². The minimum atomic E-state index is -3.81. The van der Waals surface area contributed by atoms with Gasteiger partial charge in [-0.05, 0) is 30.3 Å². The van der Waals surface area contributed by atoms with Crippen LogP contribution in [0.5, 0.6) is 0 Å². The van der Waals surface area contributed by atoms with E-state index >= 15 is 0 Å². The second-order valence-corrected chi connectivity index (χ2v) is 9.29. The second-order valence-electron chi connectivity index (χ2n) is 5.26. The molecule has 3 rings (SSSR count). The van der Waals surface area contributed by atoms with Crippen molar-refractivity contribution in [2.75, 3.05) is 21.5 Å². The zero-order valence-electron chi connectivity index (χ0n) is 14.3. The number of nitrogen functional groups attached to an aromatic ring is 1. The van der Waals surface area contributed by atoms with Crippen LogP contribution in [-0.2, 0) is 14.8 Å². The van der Waals surface area contributed by atoms with Gasteiger partial charge < -0.3 is 11.1 Å². The molecule has 0 aliphatic rings. The number of thioether (sulfide) groups is 1. The first-order valence-electron chi connectivity index (χ1n) is 7.84. The van der Waals surface area contributed by atoms with Crippen LogP contribution in [0.1, 0.15) is 6.42 Å². The van der Waals surface area contributed by atoms with Gasteiger partial charge in [0.05, 0.1) is 4.90 Å². The molecule has 2 aromatic heterocycles. The molecule has 0 unspecified atom stereocenters. The van der Waals surface area contributed by atoms with Crippen molar-refractivity contribution in [2.45, 2.75) is 15.7 Å². The van der Waals surface area contributed by atoms with Crippen LogP contribution >= 0.6 is 23.1 Å². The number of nitrogens with zero attached hydrogens (tertiary/aromatic N) is 4. The Morgan fingerprint density at radius 2 is 1.86 bits per heavy atom. The normalized spacial score (nSPS) is 11.1. The third-order valence-corrected chi connectivity index (χ3v) is 6.45. The molecule has 1 aromatic carbocycles. The summed E-state index contributed by atoms with van der Waals surface area (Å²) in [4.78, 5) is 19.7. The summed E-state index contributed by atoms with van der Waals surface area (Å²) in [6, 6.07) is 7.38. The number of benzene rings is 1. The van der Waals surface area contributed by atoms with E-state index in [0.29, 0.717) is 20.9 Å². The number of amides is 1. The first-order valence-corrected chi connectivity index (χ1v) is 11.1. The van der Waals surface area contributed by atoms with Crippen LogP contribution in [0.25, 0.3) is 0 Å². The molecule has 0 bridgehead atoms. The van der Waals surface area contributed by atoms with Crippen LogP contribution in [0.3, 0.4) is 0 Å². The van der Waals surface area contributed by atoms with E-state index in [2.05, 4.69) is 30.2 Å². The number of nitrogens with one attached hydrogen (secondary N) is 2. The summed E-state index contributed by atoms with van der Waals surface area (Å²) in [6.45, 7) is 0. The Labute approximate surface area is 169 Å². The monoisotopic (exact) mass is 437 g/mol. The predicted molar refractivity (Wildman–Crippen MR) is 108 cm³/mol. The molecular weight excluding hydrogens is 422 g/mol. The number of nitrogens with two attached hydrogens (primary N) is 1. The molecule has 146 valence electrons. The van der Waals surface area contributed by atoms with Crippen molar-refractivity contribution in [1.29, 1.82) is 0 Å². The zero-order chi connectivity index (χ0) is 20.0. The van der Waals surface area contributed by atoms with Crippen molar-refractivity contribution < 1.29 is 13.2 Å². The fourth-order valence-electron chi connectivity index (χ4n) is 1.98. The minimum Gasteiger partial charge on any atom is -0.374 e. The lowest BCUT2D eigenvalue weighted by Crippen LogP contribution is -2.15. The Hall–Kier alpha value is -2.77. The van der Waals surface area contributed by atoms with Gasteiger partial charge >= 0.3 is 0 Å². The summed E-state index contributed by atoms with van der Waals surface area (Å²) in [5, 5.41) is 10.7. The number of rotatable bonds is 8. The first-order chi connectivity index (χ1) is 13.4. The van der Waals surface area contributed by atoms with E-state index in [1.54, 1.807) is 6.07 Å². The molecule has 3 aromatic rings. The van der Waals surface area contributed by atoms with E-state index in [1.165, 1.54) is 59.8 Å². The highest BCUT2D eigenvalue weighted by atomic mass is 32.2. The number of aromatic nitrogens is 4. The van der Waals surface area contributed by atoms with Gasteiger partial charge in [-0.2, -0.15) is 0 Å². The third kappa shape index (κ3) is 5.61. The van der Waals surface area contributed by atoms with Crippen LogP contribution in [0.2, 0.25) is 0 Å². The van der Waals surface area contributed by atoms with Crippen molar-refractivity contribution >= 4 is 55.8 Å². The Kier molecular flexibility index (Phi) is 6.38. The minimum absolute atomic E-state index is 0.0189. The van der Waals surface area contributed by atoms with Crippen molar-refractivity contribution in [3.8, 4) is 0 Å². The molecule has 0 aliphatic carbocycles. The lowest BCUT2D eigenvalue weighted by molar-refractivity contribution is -0.115. The van der Waals surface area contributed by atoms with Gasteiger partial charge in [-0.3, -0.25) is 4.79 Å². The highest BCUT2D eigenvalue weighted by molar-refractivity contribution is 8.01. The fraction of sp³-hybridized carbons (Fsp3) is 0.133. The Bertz CT molecular complexity index is 1040. The lowest BCUT2D eigenvalue weighted by Gasteiger charge is -2.08. The summed E-state index contributed by atoms with van der Waals surface area (Å²) in [6.07, 6.45) is 3.13. The SMILES string of the molecule is Nc1nnc(SCCC(=O)Nc2ccc(S(=O)(=O)Nc3ncccn3)cc2)s1. The molecular formula is C15H15N7O3S3. The molecule has 0 aliphatic heterocycles. The molecule has 0 saturated carbocycles. The van der Waals surface area contributed by atoms with E-state index < -0.39 is 10.0 Å². The predicted octanol–water partition coefficient (Wildman–Crippen LogP) is 1.83. The summed E-state index contributed by atoms with van der Waals surface area (Å²) in [7, 11) is -3.81. The quantitative estimate of drug-likeness (QED) is 0.448. The molecule has 0 spiro atoms. The van der Waals surface area contributed by atoms with Gasteiger partial charge in [0.15, 0.2) is 4.34 Å². The Morgan fingerprint density at radius 1 is 1.14 bits per heavy atom. The van der Waals surface area contributed by atoms with Crippen LogP contribution in [0.4, 0.5) is 16.8 Å². The number of carbonyl (C=O) groups excluding carboxylic acids is 1. The van der Waals surface area contributed by atoms with Crippen LogP contribution in [-0.4, -0.2) is 40.2 Å². The maximum absolute atomic E-state index is 12.3. The van der Waals surface area contributed by atoms with E-state index in [9.17, 15) is 13.2 Å². The van der Waals surface area contributed by atoms with Crippen molar-refractivity contribution in [2.24, 2.45) is 0 Å². The summed E-state index contributed by atoms with van der Waals surface area (Å²) < 4.78 is 27.6. The molecule has 2 heterocycles. The molecule has 0 saturated heterocycles.